The zero-order valence-electron chi connectivity index (χ0n) is 13.1. The number of benzene rings is 2. The van der Waals surface area contributed by atoms with Crippen molar-refractivity contribution in [1.29, 1.82) is 0 Å². The van der Waals surface area contributed by atoms with Crippen molar-refractivity contribution >= 4 is 37.5 Å². The topological polar surface area (TPSA) is 75.3 Å². The Bertz CT molecular complexity index is 897. The minimum atomic E-state index is -3.55. The standard InChI is InChI=1S/C17H16BrFN2O3S/c18-12-3-8-16(19)15(9-12)17(22)21-13-4-6-14(7-5-13)25(23,24)20-10-11-1-2-11/h3-9,11,20H,1-2,10H2,(H,21,22). The number of rotatable bonds is 6. The molecule has 0 atom stereocenters. The fourth-order valence-corrected chi connectivity index (χ4v) is 3.70. The summed E-state index contributed by atoms with van der Waals surface area (Å²) in [5.41, 5.74) is 0.280. The molecule has 2 aromatic carbocycles. The Labute approximate surface area is 153 Å². The maximum Gasteiger partial charge on any atom is 0.258 e. The van der Waals surface area contributed by atoms with E-state index in [0.717, 1.165) is 12.8 Å². The van der Waals surface area contributed by atoms with Crippen molar-refractivity contribution in [3.63, 3.8) is 0 Å². The zero-order chi connectivity index (χ0) is 18.0. The van der Waals surface area contributed by atoms with Crippen LogP contribution in [0.2, 0.25) is 0 Å². The van der Waals surface area contributed by atoms with Crippen molar-refractivity contribution in [1.82, 2.24) is 4.72 Å². The van der Waals surface area contributed by atoms with E-state index in [9.17, 15) is 17.6 Å². The molecule has 0 spiro atoms. The minimum Gasteiger partial charge on any atom is -0.322 e. The van der Waals surface area contributed by atoms with Gasteiger partial charge in [0.15, 0.2) is 0 Å². The normalized spacial score (nSPS) is 14.3. The number of carbonyl (C=O) groups excluding carboxylic acids is 1. The number of nitrogens with one attached hydrogen (secondary N) is 2. The largest absolute Gasteiger partial charge is 0.322 e. The lowest BCUT2D eigenvalue weighted by molar-refractivity contribution is 0.102. The van der Waals surface area contributed by atoms with Gasteiger partial charge >= 0.3 is 0 Å². The maximum atomic E-state index is 13.7. The highest BCUT2D eigenvalue weighted by atomic mass is 79.9. The number of sulfonamides is 1. The zero-order valence-corrected chi connectivity index (χ0v) is 15.5. The lowest BCUT2D eigenvalue weighted by Gasteiger charge is -2.09. The van der Waals surface area contributed by atoms with Gasteiger partial charge in [-0.25, -0.2) is 17.5 Å². The smallest absolute Gasteiger partial charge is 0.258 e. The van der Waals surface area contributed by atoms with Gasteiger partial charge in [-0.2, -0.15) is 0 Å². The van der Waals surface area contributed by atoms with E-state index in [1.165, 1.54) is 42.5 Å². The summed E-state index contributed by atoms with van der Waals surface area (Å²) >= 11 is 3.19. The molecule has 3 rings (SSSR count). The molecule has 0 heterocycles. The molecule has 1 aliphatic carbocycles. The number of carbonyl (C=O) groups is 1. The van der Waals surface area contributed by atoms with Crippen LogP contribution in [-0.2, 0) is 10.0 Å². The third-order valence-corrected chi connectivity index (χ3v) is 5.79. The molecule has 1 saturated carbocycles. The third-order valence-electron chi connectivity index (χ3n) is 3.85. The molecule has 132 valence electrons. The van der Waals surface area contributed by atoms with E-state index in [0.29, 0.717) is 22.6 Å². The summed E-state index contributed by atoms with van der Waals surface area (Å²) in [7, 11) is -3.55. The molecular formula is C17H16BrFN2O3S. The fraction of sp³-hybridized carbons (Fsp3) is 0.235. The molecule has 25 heavy (non-hydrogen) atoms. The van der Waals surface area contributed by atoms with Gasteiger partial charge in [-0.15, -0.1) is 0 Å². The van der Waals surface area contributed by atoms with Crippen LogP contribution in [0.1, 0.15) is 23.2 Å². The molecule has 5 nitrogen and oxygen atoms in total. The molecular weight excluding hydrogens is 411 g/mol. The Balaban J connectivity index is 1.69. The van der Waals surface area contributed by atoms with E-state index in [4.69, 9.17) is 0 Å². The lowest BCUT2D eigenvalue weighted by atomic mass is 10.2. The molecule has 0 saturated heterocycles. The van der Waals surface area contributed by atoms with Gasteiger partial charge in [0.2, 0.25) is 10.0 Å². The molecule has 2 N–H and O–H groups in total. The summed E-state index contributed by atoms with van der Waals surface area (Å²) in [5.74, 6) is -0.807. The summed E-state index contributed by atoms with van der Waals surface area (Å²) in [4.78, 5) is 12.3. The highest BCUT2D eigenvalue weighted by molar-refractivity contribution is 9.10. The van der Waals surface area contributed by atoms with Gasteiger partial charge in [-0.1, -0.05) is 15.9 Å². The summed E-state index contributed by atoms with van der Waals surface area (Å²) in [6.07, 6.45) is 2.11. The molecule has 0 bridgehead atoms. The van der Waals surface area contributed by atoms with Gasteiger partial charge in [-0.05, 0) is 61.2 Å². The molecule has 2 aromatic rings. The minimum absolute atomic E-state index is 0.0998. The first-order chi connectivity index (χ1) is 11.8. The van der Waals surface area contributed by atoms with Crippen LogP contribution in [0.5, 0.6) is 0 Å². The first kappa shape index (κ1) is 18.0. The fourth-order valence-electron chi connectivity index (χ4n) is 2.22. The summed E-state index contributed by atoms with van der Waals surface area (Å²) in [5, 5.41) is 2.55. The predicted octanol–water partition coefficient (Wildman–Crippen LogP) is 3.53. The first-order valence-corrected chi connectivity index (χ1v) is 9.99. The summed E-state index contributed by atoms with van der Waals surface area (Å²) in [6.45, 7) is 0.447. The summed E-state index contributed by atoms with van der Waals surface area (Å²) < 4.78 is 41.2. The lowest BCUT2D eigenvalue weighted by Crippen LogP contribution is -2.25. The van der Waals surface area contributed by atoms with E-state index in [1.54, 1.807) is 0 Å². The van der Waals surface area contributed by atoms with Gasteiger partial charge in [0.1, 0.15) is 5.82 Å². The molecule has 1 aliphatic rings. The highest BCUT2D eigenvalue weighted by Gasteiger charge is 2.24. The van der Waals surface area contributed by atoms with Gasteiger partial charge < -0.3 is 5.32 Å². The Morgan fingerprint density at radius 1 is 1.16 bits per heavy atom. The van der Waals surface area contributed by atoms with Crippen molar-refractivity contribution in [3.05, 3.63) is 58.3 Å². The van der Waals surface area contributed by atoms with Gasteiger partial charge in [-0.3, -0.25) is 4.79 Å². The quantitative estimate of drug-likeness (QED) is 0.741. The van der Waals surface area contributed by atoms with Gasteiger partial charge in [0.05, 0.1) is 10.5 Å². The number of amides is 1. The first-order valence-electron chi connectivity index (χ1n) is 7.71. The van der Waals surface area contributed by atoms with E-state index in [1.807, 2.05) is 0 Å². The Morgan fingerprint density at radius 3 is 2.48 bits per heavy atom. The average molecular weight is 427 g/mol. The monoisotopic (exact) mass is 426 g/mol. The molecule has 0 radical (unpaired) electrons. The number of anilines is 1. The van der Waals surface area contributed by atoms with Crippen molar-refractivity contribution in [3.8, 4) is 0 Å². The molecule has 0 aliphatic heterocycles. The van der Waals surface area contributed by atoms with E-state index in [2.05, 4.69) is 26.0 Å². The number of halogens is 2. The van der Waals surface area contributed by atoms with Crippen LogP contribution in [0.3, 0.4) is 0 Å². The van der Waals surface area contributed by atoms with Gasteiger partial charge in [0.25, 0.3) is 5.91 Å². The second-order valence-electron chi connectivity index (χ2n) is 5.90. The van der Waals surface area contributed by atoms with Crippen molar-refractivity contribution in [2.45, 2.75) is 17.7 Å². The van der Waals surface area contributed by atoms with Crippen molar-refractivity contribution in [2.24, 2.45) is 5.92 Å². The van der Waals surface area contributed by atoms with E-state index in [-0.39, 0.29) is 10.5 Å². The second-order valence-corrected chi connectivity index (χ2v) is 8.58. The van der Waals surface area contributed by atoms with Crippen molar-refractivity contribution in [2.75, 3.05) is 11.9 Å². The van der Waals surface area contributed by atoms with Crippen LogP contribution < -0.4 is 10.0 Å². The molecule has 0 aromatic heterocycles. The third kappa shape index (κ3) is 4.65. The molecule has 8 heteroatoms. The van der Waals surface area contributed by atoms with Crippen LogP contribution in [0.4, 0.5) is 10.1 Å². The Hall–Kier alpha value is -1.77. The number of hydrogen-bond acceptors (Lipinski definition) is 3. The van der Waals surface area contributed by atoms with Crippen LogP contribution in [0.25, 0.3) is 0 Å². The SMILES string of the molecule is O=C(Nc1ccc(S(=O)(=O)NCC2CC2)cc1)c1cc(Br)ccc1F. The van der Waals surface area contributed by atoms with Crippen LogP contribution in [-0.4, -0.2) is 20.9 Å². The maximum absolute atomic E-state index is 13.7. The molecule has 1 fully saturated rings. The van der Waals surface area contributed by atoms with Gasteiger partial charge in [0, 0.05) is 16.7 Å². The second kappa shape index (κ2) is 7.23. The molecule has 0 unspecified atom stereocenters. The Morgan fingerprint density at radius 2 is 1.84 bits per heavy atom. The predicted molar refractivity (Wildman–Crippen MR) is 96.4 cm³/mol. The average Bonchev–Trinajstić information content (AvgIpc) is 3.40. The van der Waals surface area contributed by atoms with Crippen LogP contribution in [0.15, 0.2) is 51.8 Å². The van der Waals surface area contributed by atoms with Crippen LogP contribution in [0, 0.1) is 11.7 Å². The van der Waals surface area contributed by atoms with E-state index >= 15 is 0 Å². The summed E-state index contributed by atoms with van der Waals surface area (Å²) in [6, 6.07) is 9.83. The van der Waals surface area contributed by atoms with Crippen molar-refractivity contribution < 1.29 is 17.6 Å². The highest BCUT2D eigenvalue weighted by Crippen LogP contribution is 2.28. The van der Waals surface area contributed by atoms with Crippen LogP contribution >= 0.6 is 15.9 Å². The van der Waals surface area contributed by atoms with E-state index < -0.39 is 21.7 Å². The Kier molecular flexibility index (Phi) is 5.21. The number of hydrogen-bond donors (Lipinski definition) is 2. The molecule has 1 amide bonds.